The van der Waals surface area contributed by atoms with Gasteiger partial charge in [-0.1, -0.05) is 0 Å². The Bertz CT molecular complexity index is 91.1. The van der Waals surface area contributed by atoms with Crippen LogP contribution in [-0.4, -0.2) is 26.2 Å². The molecule has 2 rings (SSSR count). The molecule has 0 bridgehead atoms. The zero-order valence-corrected chi connectivity index (χ0v) is 5.69. The van der Waals surface area contributed by atoms with Gasteiger partial charge in [-0.15, -0.1) is 0 Å². The smallest absolute Gasteiger partial charge is 0.000511 e. The molecule has 2 nitrogen and oxygen atoms in total. The van der Waals surface area contributed by atoms with Crippen molar-refractivity contribution in [1.82, 2.24) is 10.6 Å². The number of piperidine rings is 1. The van der Waals surface area contributed by atoms with Crippen LogP contribution in [0.25, 0.3) is 0 Å². The SMILES string of the molecule is C1CC2CNCC2CN1. The summed E-state index contributed by atoms with van der Waals surface area (Å²) in [5.74, 6) is 1.94. The lowest BCUT2D eigenvalue weighted by Crippen LogP contribution is -2.35. The molecular weight excluding hydrogens is 112 g/mol. The maximum absolute atomic E-state index is 3.42. The first-order valence-electron chi connectivity index (χ1n) is 3.88. The van der Waals surface area contributed by atoms with Crippen molar-refractivity contribution in [2.75, 3.05) is 26.2 Å². The van der Waals surface area contributed by atoms with Crippen LogP contribution in [0.15, 0.2) is 0 Å². The van der Waals surface area contributed by atoms with Gasteiger partial charge in [0.1, 0.15) is 0 Å². The summed E-state index contributed by atoms with van der Waals surface area (Å²) in [5.41, 5.74) is 0. The van der Waals surface area contributed by atoms with Crippen LogP contribution in [0.5, 0.6) is 0 Å². The molecule has 52 valence electrons. The first kappa shape index (κ1) is 5.69. The molecule has 2 unspecified atom stereocenters. The molecule has 2 aliphatic rings. The van der Waals surface area contributed by atoms with E-state index in [1.54, 1.807) is 0 Å². The van der Waals surface area contributed by atoms with Crippen molar-refractivity contribution in [1.29, 1.82) is 0 Å². The molecule has 0 aromatic carbocycles. The third kappa shape index (κ3) is 0.970. The van der Waals surface area contributed by atoms with Gasteiger partial charge in [-0.3, -0.25) is 0 Å². The van der Waals surface area contributed by atoms with Crippen LogP contribution in [-0.2, 0) is 0 Å². The van der Waals surface area contributed by atoms with Gasteiger partial charge >= 0.3 is 0 Å². The zero-order valence-electron chi connectivity index (χ0n) is 5.69. The van der Waals surface area contributed by atoms with E-state index < -0.39 is 0 Å². The molecule has 2 atom stereocenters. The summed E-state index contributed by atoms with van der Waals surface area (Å²) in [4.78, 5) is 0. The molecule has 0 aromatic heterocycles. The highest BCUT2D eigenvalue weighted by molar-refractivity contribution is 4.85. The van der Waals surface area contributed by atoms with Crippen molar-refractivity contribution in [2.45, 2.75) is 6.42 Å². The van der Waals surface area contributed by atoms with E-state index in [-0.39, 0.29) is 0 Å². The van der Waals surface area contributed by atoms with Gasteiger partial charge in [0.05, 0.1) is 0 Å². The standard InChI is InChI=1S/C7H14N2/c1-2-8-4-7-5-9-3-6(1)7/h6-9H,1-5H2. The molecular formula is C7H14N2. The van der Waals surface area contributed by atoms with Crippen LogP contribution in [0, 0.1) is 11.8 Å². The predicted molar refractivity (Wildman–Crippen MR) is 37.3 cm³/mol. The van der Waals surface area contributed by atoms with E-state index in [1.807, 2.05) is 0 Å². The fourth-order valence-corrected chi connectivity index (χ4v) is 1.94. The summed E-state index contributed by atoms with van der Waals surface area (Å²) in [6.45, 7) is 5.00. The molecule has 9 heavy (non-hydrogen) atoms. The van der Waals surface area contributed by atoms with Gasteiger partial charge in [-0.2, -0.15) is 0 Å². The molecule has 2 fully saturated rings. The summed E-state index contributed by atoms with van der Waals surface area (Å²) in [6.07, 6.45) is 1.39. The summed E-state index contributed by atoms with van der Waals surface area (Å²) in [5, 5.41) is 6.84. The first-order chi connectivity index (χ1) is 4.47. The van der Waals surface area contributed by atoms with Crippen molar-refractivity contribution >= 4 is 0 Å². The van der Waals surface area contributed by atoms with Crippen LogP contribution in [0.1, 0.15) is 6.42 Å². The Morgan fingerprint density at radius 3 is 2.56 bits per heavy atom. The fraction of sp³-hybridized carbons (Fsp3) is 1.00. The molecule has 0 aromatic rings. The lowest BCUT2D eigenvalue weighted by atomic mass is 9.90. The van der Waals surface area contributed by atoms with Gasteiger partial charge < -0.3 is 10.6 Å². The minimum absolute atomic E-state index is 0.943. The topological polar surface area (TPSA) is 24.1 Å². The number of hydrogen-bond donors (Lipinski definition) is 2. The summed E-state index contributed by atoms with van der Waals surface area (Å²) in [7, 11) is 0. The highest BCUT2D eigenvalue weighted by atomic mass is 15.0. The Balaban J connectivity index is 1.97. The van der Waals surface area contributed by atoms with Crippen LogP contribution in [0.2, 0.25) is 0 Å². The highest BCUT2D eigenvalue weighted by Crippen LogP contribution is 2.21. The van der Waals surface area contributed by atoms with E-state index in [0.717, 1.165) is 11.8 Å². The predicted octanol–water partition coefficient (Wildman–Crippen LogP) is -0.185. The Hall–Kier alpha value is -0.0800. The Labute approximate surface area is 56.0 Å². The van der Waals surface area contributed by atoms with Crippen molar-refractivity contribution in [2.24, 2.45) is 11.8 Å². The molecule has 2 N–H and O–H groups in total. The third-order valence-electron chi connectivity index (χ3n) is 2.58. The van der Waals surface area contributed by atoms with Crippen LogP contribution >= 0.6 is 0 Å². The van der Waals surface area contributed by atoms with Crippen LogP contribution in [0.4, 0.5) is 0 Å². The summed E-state index contributed by atoms with van der Waals surface area (Å²) in [6, 6.07) is 0. The second kappa shape index (κ2) is 2.27. The van der Waals surface area contributed by atoms with Gasteiger partial charge in [0, 0.05) is 0 Å². The maximum Gasteiger partial charge on any atom is -0.000511 e. The molecule has 2 saturated heterocycles. The molecule has 2 aliphatic heterocycles. The van der Waals surface area contributed by atoms with Crippen molar-refractivity contribution < 1.29 is 0 Å². The lowest BCUT2D eigenvalue weighted by Gasteiger charge is -2.24. The second-order valence-corrected chi connectivity index (χ2v) is 3.17. The first-order valence-corrected chi connectivity index (χ1v) is 3.88. The maximum atomic E-state index is 3.42. The molecule has 2 heteroatoms. The minimum Gasteiger partial charge on any atom is -0.316 e. The molecule has 2 heterocycles. The van der Waals surface area contributed by atoms with Gasteiger partial charge in [0.2, 0.25) is 0 Å². The highest BCUT2D eigenvalue weighted by Gasteiger charge is 2.28. The quantitative estimate of drug-likeness (QED) is 0.470. The number of fused-ring (bicyclic) bond motifs is 1. The molecule has 0 aliphatic carbocycles. The fourth-order valence-electron chi connectivity index (χ4n) is 1.94. The van der Waals surface area contributed by atoms with Gasteiger partial charge in [0.15, 0.2) is 0 Å². The van der Waals surface area contributed by atoms with E-state index >= 15 is 0 Å². The van der Waals surface area contributed by atoms with Crippen LogP contribution < -0.4 is 10.6 Å². The molecule has 0 spiro atoms. The lowest BCUT2D eigenvalue weighted by molar-refractivity contribution is 0.318. The zero-order chi connectivity index (χ0) is 6.10. The number of nitrogens with one attached hydrogen (secondary N) is 2. The third-order valence-corrected chi connectivity index (χ3v) is 2.58. The normalized spacial score (nSPS) is 42.7. The molecule has 0 saturated carbocycles. The van der Waals surface area contributed by atoms with E-state index in [0.29, 0.717) is 0 Å². The second-order valence-electron chi connectivity index (χ2n) is 3.17. The average molecular weight is 126 g/mol. The van der Waals surface area contributed by atoms with Crippen molar-refractivity contribution in [3.05, 3.63) is 0 Å². The van der Waals surface area contributed by atoms with Crippen molar-refractivity contribution in [3.63, 3.8) is 0 Å². The summed E-state index contributed by atoms with van der Waals surface area (Å²) < 4.78 is 0. The van der Waals surface area contributed by atoms with E-state index in [2.05, 4.69) is 10.6 Å². The Morgan fingerprint density at radius 1 is 0.889 bits per heavy atom. The largest absolute Gasteiger partial charge is 0.316 e. The van der Waals surface area contributed by atoms with Gasteiger partial charge in [-0.05, 0) is 44.4 Å². The van der Waals surface area contributed by atoms with Gasteiger partial charge in [-0.25, -0.2) is 0 Å². The van der Waals surface area contributed by atoms with Crippen LogP contribution in [0.3, 0.4) is 0 Å². The monoisotopic (exact) mass is 126 g/mol. The summed E-state index contributed by atoms with van der Waals surface area (Å²) >= 11 is 0. The number of hydrogen-bond acceptors (Lipinski definition) is 2. The van der Waals surface area contributed by atoms with E-state index in [4.69, 9.17) is 0 Å². The Kier molecular flexibility index (Phi) is 1.44. The van der Waals surface area contributed by atoms with Crippen molar-refractivity contribution in [3.8, 4) is 0 Å². The van der Waals surface area contributed by atoms with Gasteiger partial charge in [0.25, 0.3) is 0 Å². The number of rotatable bonds is 0. The molecule has 0 radical (unpaired) electrons. The van der Waals surface area contributed by atoms with E-state index in [9.17, 15) is 0 Å². The average Bonchev–Trinajstić information content (AvgIpc) is 2.33. The van der Waals surface area contributed by atoms with E-state index in [1.165, 1.54) is 32.6 Å². The minimum atomic E-state index is 0.943. The molecule has 0 amide bonds. The Morgan fingerprint density at radius 2 is 1.67 bits per heavy atom.